The molecule has 0 N–H and O–H groups in total. The summed E-state index contributed by atoms with van der Waals surface area (Å²) >= 11 is 0. The van der Waals surface area contributed by atoms with Crippen LogP contribution in [0.3, 0.4) is 0 Å². The van der Waals surface area contributed by atoms with E-state index in [1.165, 1.54) is 16.8 Å². The van der Waals surface area contributed by atoms with Crippen LogP contribution in [0.15, 0.2) is 65.8 Å². The number of hydrogen-bond donors (Lipinski definition) is 0. The average Bonchev–Trinajstić information content (AvgIpc) is 3.28. The Labute approximate surface area is 169 Å². The number of guanidine groups is 1. The van der Waals surface area contributed by atoms with Crippen molar-refractivity contribution < 1.29 is 9.59 Å². The van der Waals surface area contributed by atoms with Gasteiger partial charge >= 0.3 is 6.03 Å². The number of imide groups is 1. The molecular weight excluding hydrogens is 366 g/mol. The zero-order valence-electron chi connectivity index (χ0n) is 16.5. The lowest BCUT2D eigenvalue weighted by molar-refractivity contribution is -0.135. The van der Waals surface area contributed by atoms with E-state index in [-0.39, 0.29) is 11.9 Å². The standard InChI is InChI=1S/C22H21N5O2/c1-14-9-7-8-12-16(14)27-17(15-10-5-4-6-11-15)13-26-18-19(23-21(26)27)24(2)22(29)25(3)20(18)28/h4-13,18-19H,1-3H3. The van der Waals surface area contributed by atoms with Gasteiger partial charge in [-0.1, -0.05) is 48.5 Å². The van der Waals surface area contributed by atoms with Gasteiger partial charge in [0.1, 0.15) is 0 Å². The molecule has 29 heavy (non-hydrogen) atoms. The summed E-state index contributed by atoms with van der Waals surface area (Å²) in [6, 6.07) is 17.2. The number of likely N-dealkylation sites (N-methyl/N-ethyl adjacent to an activating group) is 2. The molecule has 5 rings (SSSR count). The van der Waals surface area contributed by atoms with E-state index in [4.69, 9.17) is 4.99 Å². The van der Waals surface area contributed by atoms with E-state index in [1.54, 1.807) is 7.05 Å². The summed E-state index contributed by atoms with van der Waals surface area (Å²) in [6.45, 7) is 2.05. The van der Waals surface area contributed by atoms with Crippen molar-refractivity contribution in [3.05, 3.63) is 71.9 Å². The number of anilines is 1. The summed E-state index contributed by atoms with van der Waals surface area (Å²) < 4.78 is 0. The number of para-hydroxylation sites is 1. The van der Waals surface area contributed by atoms with Crippen molar-refractivity contribution in [3.63, 3.8) is 0 Å². The maximum absolute atomic E-state index is 13.0. The van der Waals surface area contributed by atoms with Gasteiger partial charge in [-0.3, -0.25) is 19.5 Å². The van der Waals surface area contributed by atoms with Crippen LogP contribution in [0.1, 0.15) is 11.1 Å². The van der Waals surface area contributed by atoms with Crippen LogP contribution >= 0.6 is 0 Å². The van der Waals surface area contributed by atoms with Gasteiger partial charge in [-0.2, -0.15) is 0 Å². The minimum atomic E-state index is -0.564. The van der Waals surface area contributed by atoms with Crippen molar-refractivity contribution >= 4 is 29.3 Å². The van der Waals surface area contributed by atoms with Gasteiger partial charge in [0.15, 0.2) is 12.2 Å². The Balaban J connectivity index is 1.67. The van der Waals surface area contributed by atoms with Crippen LogP contribution in [0.5, 0.6) is 0 Å². The molecular formula is C22H21N5O2. The Morgan fingerprint density at radius 2 is 1.62 bits per heavy atom. The molecule has 3 aliphatic heterocycles. The molecule has 2 aromatic carbocycles. The third kappa shape index (κ3) is 2.40. The number of urea groups is 1. The van der Waals surface area contributed by atoms with Crippen LogP contribution in [0.25, 0.3) is 5.70 Å². The SMILES string of the molecule is Cc1ccccc1N1C(c2ccccc2)=CN2C1=NC1C2C(=O)N(C)C(=O)N1C. The third-order valence-corrected chi connectivity index (χ3v) is 5.76. The number of carbonyl (C=O) groups excluding carboxylic acids is 2. The van der Waals surface area contributed by atoms with E-state index in [9.17, 15) is 9.59 Å². The number of benzene rings is 2. The lowest BCUT2D eigenvalue weighted by atomic mass is 10.1. The van der Waals surface area contributed by atoms with E-state index >= 15 is 0 Å². The first-order chi connectivity index (χ1) is 14.0. The quantitative estimate of drug-likeness (QED) is 0.795. The maximum Gasteiger partial charge on any atom is 0.328 e. The molecule has 3 aliphatic rings. The molecule has 2 aromatic rings. The molecule has 0 aliphatic carbocycles. The predicted octanol–water partition coefficient (Wildman–Crippen LogP) is 2.70. The van der Waals surface area contributed by atoms with Gasteiger partial charge in [0, 0.05) is 25.9 Å². The largest absolute Gasteiger partial charge is 0.328 e. The van der Waals surface area contributed by atoms with E-state index < -0.39 is 12.2 Å². The molecule has 0 saturated carbocycles. The van der Waals surface area contributed by atoms with Crippen molar-refractivity contribution in [2.45, 2.75) is 19.1 Å². The van der Waals surface area contributed by atoms with Crippen LogP contribution in [-0.4, -0.2) is 58.9 Å². The minimum Gasteiger partial charge on any atom is -0.302 e. The molecule has 0 spiro atoms. The second-order valence-electron chi connectivity index (χ2n) is 7.49. The molecule has 2 atom stereocenters. The lowest BCUT2D eigenvalue weighted by Crippen LogP contribution is -2.63. The molecule has 3 heterocycles. The smallest absolute Gasteiger partial charge is 0.302 e. The highest BCUT2D eigenvalue weighted by atomic mass is 16.2. The zero-order valence-corrected chi connectivity index (χ0v) is 16.5. The summed E-state index contributed by atoms with van der Waals surface area (Å²) in [5, 5.41) is 0. The van der Waals surface area contributed by atoms with E-state index in [0.29, 0.717) is 5.96 Å². The number of amides is 3. The molecule has 2 unspecified atom stereocenters. The van der Waals surface area contributed by atoms with Crippen LogP contribution in [0.4, 0.5) is 10.5 Å². The van der Waals surface area contributed by atoms with Crippen LogP contribution in [0.2, 0.25) is 0 Å². The number of carbonyl (C=O) groups is 2. The van der Waals surface area contributed by atoms with Gasteiger partial charge in [0.2, 0.25) is 5.96 Å². The van der Waals surface area contributed by atoms with Gasteiger partial charge in [0.05, 0.1) is 11.4 Å². The Hall–Kier alpha value is -3.61. The Morgan fingerprint density at radius 1 is 0.931 bits per heavy atom. The normalized spacial score (nSPS) is 23.3. The topological polar surface area (TPSA) is 59.5 Å². The molecule has 0 bridgehead atoms. The highest BCUT2D eigenvalue weighted by Crippen LogP contribution is 2.40. The van der Waals surface area contributed by atoms with Gasteiger partial charge in [0.25, 0.3) is 5.91 Å². The lowest BCUT2D eigenvalue weighted by Gasteiger charge is -2.38. The second kappa shape index (κ2) is 6.20. The highest BCUT2D eigenvalue weighted by molar-refractivity contribution is 6.16. The number of fused-ring (bicyclic) bond motifs is 3. The fourth-order valence-electron chi connectivity index (χ4n) is 4.18. The Kier molecular flexibility index (Phi) is 3.74. The zero-order chi connectivity index (χ0) is 20.3. The number of aliphatic imine (C=N–C) groups is 1. The van der Waals surface area contributed by atoms with Gasteiger partial charge in [-0.25, -0.2) is 9.79 Å². The first-order valence-electron chi connectivity index (χ1n) is 9.52. The van der Waals surface area contributed by atoms with Gasteiger partial charge in [-0.15, -0.1) is 0 Å². The van der Waals surface area contributed by atoms with Crippen molar-refractivity contribution in [1.29, 1.82) is 0 Å². The first-order valence-corrected chi connectivity index (χ1v) is 9.52. The van der Waals surface area contributed by atoms with Gasteiger partial charge < -0.3 is 4.90 Å². The molecule has 7 nitrogen and oxygen atoms in total. The molecule has 7 heteroatoms. The predicted molar refractivity (Wildman–Crippen MR) is 111 cm³/mol. The van der Waals surface area contributed by atoms with Gasteiger partial charge in [-0.05, 0) is 18.6 Å². The summed E-state index contributed by atoms with van der Waals surface area (Å²) in [6.07, 6.45) is 1.43. The number of aryl methyl sites for hydroxylation is 1. The fraction of sp³-hybridized carbons (Fsp3) is 0.227. The van der Waals surface area contributed by atoms with Crippen LogP contribution in [-0.2, 0) is 4.79 Å². The Morgan fingerprint density at radius 3 is 2.34 bits per heavy atom. The maximum atomic E-state index is 13.0. The van der Waals surface area contributed by atoms with Crippen LogP contribution in [0, 0.1) is 6.92 Å². The highest BCUT2D eigenvalue weighted by Gasteiger charge is 2.54. The monoisotopic (exact) mass is 387 g/mol. The third-order valence-electron chi connectivity index (χ3n) is 5.76. The van der Waals surface area contributed by atoms with Crippen molar-refractivity contribution in [2.24, 2.45) is 4.99 Å². The molecule has 3 amide bonds. The second-order valence-corrected chi connectivity index (χ2v) is 7.49. The average molecular weight is 387 g/mol. The summed E-state index contributed by atoms with van der Waals surface area (Å²) in [5.74, 6) is 0.420. The Bertz CT molecular complexity index is 1080. The molecule has 0 aromatic heterocycles. The van der Waals surface area contributed by atoms with Crippen LogP contribution < -0.4 is 4.90 Å². The first kappa shape index (κ1) is 17.5. The van der Waals surface area contributed by atoms with E-state index in [0.717, 1.165) is 22.5 Å². The molecule has 1 fully saturated rings. The molecule has 1 saturated heterocycles. The summed E-state index contributed by atoms with van der Waals surface area (Å²) in [7, 11) is 3.21. The van der Waals surface area contributed by atoms with Crippen molar-refractivity contribution in [3.8, 4) is 0 Å². The minimum absolute atomic E-state index is 0.243. The summed E-state index contributed by atoms with van der Waals surface area (Å²) in [5.41, 5.74) is 4.08. The fourth-order valence-corrected chi connectivity index (χ4v) is 4.18. The van der Waals surface area contributed by atoms with E-state index in [1.807, 2.05) is 59.6 Å². The summed E-state index contributed by atoms with van der Waals surface area (Å²) in [4.78, 5) is 36.9. The molecule has 146 valence electrons. The van der Waals surface area contributed by atoms with Crippen molar-refractivity contribution in [2.75, 3.05) is 19.0 Å². The van der Waals surface area contributed by atoms with E-state index in [2.05, 4.69) is 17.9 Å². The number of hydrogen-bond acceptors (Lipinski definition) is 5. The number of nitrogens with zero attached hydrogens (tertiary/aromatic N) is 5. The molecule has 0 radical (unpaired) electrons. The van der Waals surface area contributed by atoms with Crippen molar-refractivity contribution in [1.82, 2.24) is 14.7 Å². The number of rotatable bonds is 2.